The zero-order chi connectivity index (χ0) is 15.7. The van der Waals surface area contributed by atoms with Crippen molar-refractivity contribution in [2.75, 3.05) is 11.4 Å². The fourth-order valence-electron chi connectivity index (χ4n) is 2.91. The van der Waals surface area contributed by atoms with Crippen molar-refractivity contribution < 1.29 is 19.5 Å². The first-order valence-electron chi connectivity index (χ1n) is 7.47. The highest BCUT2D eigenvalue weighted by Crippen LogP contribution is 2.39. The Balaban J connectivity index is 1.64. The predicted molar refractivity (Wildman–Crippen MR) is 79.2 cm³/mol. The quantitative estimate of drug-likeness (QED) is 0.869. The molecular weight excluding hydrogens is 284 g/mol. The molecule has 3 rings (SSSR count). The van der Waals surface area contributed by atoms with Crippen molar-refractivity contribution in [3.05, 3.63) is 30.3 Å². The van der Waals surface area contributed by atoms with Crippen molar-refractivity contribution >= 4 is 23.5 Å². The molecule has 1 saturated carbocycles. The molecule has 2 N–H and O–H groups in total. The lowest BCUT2D eigenvalue weighted by Gasteiger charge is -2.32. The number of nitrogens with one attached hydrogen (secondary N) is 1. The highest BCUT2D eigenvalue weighted by molar-refractivity contribution is 6.00. The summed E-state index contributed by atoms with van der Waals surface area (Å²) in [5.41, 5.74) is 0.821. The van der Waals surface area contributed by atoms with Gasteiger partial charge in [-0.1, -0.05) is 18.2 Å². The molecule has 0 spiro atoms. The second kappa shape index (κ2) is 5.79. The maximum Gasteiger partial charge on any atom is 0.307 e. The lowest BCUT2D eigenvalue weighted by atomic mass is 10.0. The van der Waals surface area contributed by atoms with E-state index in [1.54, 1.807) is 4.90 Å². The minimum absolute atomic E-state index is 0.127. The fourth-order valence-corrected chi connectivity index (χ4v) is 2.91. The topological polar surface area (TPSA) is 86.7 Å². The summed E-state index contributed by atoms with van der Waals surface area (Å²) in [6.07, 6.45) is 1.77. The smallest absolute Gasteiger partial charge is 0.307 e. The van der Waals surface area contributed by atoms with Gasteiger partial charge >= 0.3 is 5.97 Å². The fraction of sp³-hybridized carbons (Fsp3) is 0.438. The molecule has 0 bridgehead atoms. The lowest BCUT2D eigenvalue weighted by molar-refractivity contribution is -0.140. The molecule has 1 aromatic rings. The number of nitrogens with zero attached hydrogens (tertiary/aromatic N) is 1. The summed E-state index contributed by atoms with van der Waals surface area (Å²) in [6.45, 7) is 0.635. The van der Waals surface area contributed by atoms with Crippen LogP contribution in [0.2, 0.25) is 0 Å². The lowest BCUT2D eigenvalue weighted by Crippen LogP contribution is -2.52. The number of carboxylic acids is 1. The Kier molecular flexibility index (Phi) is 3.83. The van der Waals surface area contributed by atoms with Crippen LogP contribution in [0.1, 0.15) is 19.3 Å². The Bertz CT molecular complexity index is 601. The maximum atomic E-state index is 12.5. The van der Waals surface area contributed by atoms with E-state index >= 15 is 0 Å². The molecule has 2 fully saturated rings. The van der Waals surface area contributed by atoms with Gasteiger partial charge < -0.3 is 15.3 Å². The van der Waals surface area contributed by atoms with Crippen molar-refractivity contribution in [1.29, 1.82) is 0 Å². The predicted octanol–water partition coefficient (Wildman–Crippen LogP) is 1.02. The Morgan fingerprint density at radius 2 is 1.91 bits per heavy atom. The zero-order valence-corrected chi connectivity index (χ0v) is 12.1. The number of piperidine rings is 1. The molecule has 22 heavy (non-hydrogen) atoms. The van der Waals surface area contributed by atoms with Gasteiger partial charge in [0.2, 0.25) is 11.8 Å². The van der Waals surface area contributed by atoms with Crippen LogP contribution in [-0.4, -0.2) is 35.5 Å². The molecule has 6 heteroatoms. The molecule has 6 nitrogen and oxygen atoms in total. The van der Waals surface area contributed by atoms with E-state index in [1.165, 1.54) is 0 Å². The van der Waals surface area contributed by atoms with Crippen LogP contribution in [0.15, 0.2) is 30.3 Å². The number of para-hydroxylation sites is 1. The van der Waals surface area contributed by atoms with Crippen LogP contribution in [0.3, 0.4) is 0 Å². The summed E-state index contributed by atoms with van der Waals surface area (Å²) < 4.78 is 0. The van der Waals surface area contributed by atoms with Crippen molar-refractivity contribution in [2.24, 2.45) is 11.8 Å². The molecule has 0 aromatic heterocycles. The molecule has 3 atom stereocenters. The number of amides is 2. The SMILES string of the molecule is O=C(O)C1CC1C(=O)NC1CCCN(c2ccccc2)C1=O. The number of aliphatic carboxylic acids is 1. The third-order valence-electron chi connectivity index (χ3n) is 4.27. The Hall–Kier alpha value is -2.37. The summed E-state index contributed by atoms with van der Waals surface area (Å²) in [6, 6.07) is 8.79. The number of hydrogen-bond donors (Lipinski definition) is 2. The average molecular weight is 302 g/mol. The summed E-state index contributed by atoms with van der Waals surface area (Å²) in [7, 11) is 0. The van der Waals surface area contributed by atoms with E-state index in [9.17, 15) is 14.4 Å². The van der Waals surface area contributed by atoms with E-state index in [1.807, 2.05) is 30.3 Å². The molecule has 1 heterocycles. The first kappa shape index (κ1) is 14.6. The largest absolute Gasteiger partial charge is 0.481 e. The van der Waals surface area contributed by atoms with E-state index in [-0.39, 0.29) is 11.8 Å². The molecule has 2 amide bonds. The van der Waals surface area contributed by atoms with Crippen LogP contribution in [0, 0.1) is 11.8 Å². The third-order valence-corrected chi connectivity index (χ3v) is 4.27. The van der Waals surface area contributed by atoms with Crippen molar-refractivity contribution in [3.8, 4) is 0 Å². The zero-order valence-electron chi connectivity index (χ0n) is 12.1. The number of carbonyl (C=O) groups excluding carboxylic acids is 2. The second-order valence-corrected chi connectivity index (χ2v) is 5.82. The molecule has 116 valence electrons. The summed E-state index contributed by atoms with van der Waals surface area (Å²) in [5.74, 6) is -2.47. The van der Waals surface area contributed by atoms with Gasteiger partial charge in [0.15, 0.2) is 0 Å². The number of rotatable bonds is 4. The van der Waals surface area contributed by atoms with Gasteiger partial charge in [0.1, 0.15) is 6.04 Å². The molecule has 1 aliphatic heterocycles. The normalized spacial score (nSPS) is 27.4. The van der Waals surface area contributed by atoms with Gasteiger partial charge in [-0.15, -0.1) is 0 Å². The van der Waals surface area contributed by atoms with Gasteiger partial charge in [-0.3, -0.25) is 14.4 Å². The van der Waals surface area contributed by atoms with Crippen molar-refractivity contribution in [1.82, 2.24) is 5.32 Å². The van der Waals surface area contributed by atoms with Crippen LogP contribution < -0.4 is 10.2 Å². The van der Waals surface area contributed by atoms with Crippen LogP contribution in [0.4, 0.5) is 5.69 Å². The molecular formula is C16H18N2O4. The van der Waals surface area contributed by atoms with E-state index in [0.717, 1.165) is 12.1 Å². The van der Waals surface area contributed by atoms with Gasteiger partial charge in [0.05, 0.1) is 11.8 Å². The highest BCUT2D eigenvalue weighted by atomic mass is 16.4. The van der Waals surface area contributed by atoms with Crippen molar-refractivity contribution in [3.63, 3.8) is 0 Å². The Labute approximate surface area is 128 Å². The van der Waals surface area contributed by atoms with Crippen LogP contribution in [-0.2, 0) is 14.4 Å². The molecule has 0 radical (unpaired) electrons. The van der Waals surface area contributed by atoms with Gasteiger partial charge in [0.25, 0.3) is 0 Å². The van der Waals surface area contributed by atoms with E-state index in [0.29, 0.717) is 19.4 Å². The monoisotopic (exact) mass is 302 g/mol. The summed E-state index contributed by atoms with van der Waals surface area (Å²) in [4.78, 5) is 37.0. The Morgan fingerprint density at radius 3 is 2.55 bits per heavy atom. The molecule has 1 aromatic carbocycles. The molecule has 1 saturated heterocycles. The molecule has 2 aliphatic rings. The Morgan fingerprint density at radius 1 is 1.18 bits per heavy atom. The van der Waals surface area contributed by atoms with Crippen molar-refractivity contribution in [2.45, 2.75) is 25.3 Å². The molecule has 3 unspecified atom stereocenters. The van der Waals surface area contributed by atoms with Crippen LogP contribution in [0.5, 0.6) is 0 Å². The van der Waals surface area contributed by atoms with E-state index in [2.05, 4.69) is 5.32 Å². The van der Waals surface area contributed by atoms with Crippen LogP contribution in [0.25, 0.3) is 0 Å². The maximum absolute atomic E-state index is 12.5. The number of anilines is 1. The van der Waals surface area contributed by atoms with Crippen LogP contribution >= 0.6 is 0 Å². The van der Waals surface area contributed by atoms with Gasteiger partial charge in [0, 0.05) is 12.2 Å². The number of carboxylic acid groups (broad SMARTS) is 1. The number of benzene rings is 1. The van der Waals surface area contributed by atoms with Gasteiger partial charge in [-0.25, -0.2) is 0 Å². The minimum Gasteiger partial charge on any atom is -0.481 e. The first-order valence-corrected chi connectivity index (χ1v) is 7.47. The summed E-state index contributed by atoms with van der Waals surface area (Å²) >= 11 is 0. The summed E-state index contributed by atoms with van der Waals surface area (Å²) in [5, 5.41) is 11.6. The van der Waals surface area contributed by atoms with E-state index in [4.69, 9.17) is 5.11 Å². The minimum atomic E-state index is -0.943. The number of carbonyl (C=O) groups is 3. The molecule has 1 aliphatic carbocycles. The van der Waals surface area contributed by atoms with Gasteiger partial charge in [-0.05, 0) is 31.4 Å². The highest BCUT2D eigenvalue weighted by Gasteiger charge is 2.49. The van der Waals surface area contributed by atoms with Gasteiger partial charge in [-0.2, -0.15) is 0 Å². The first-order chi connectivity index (χ1) is 10.6. The average Bonchev–Trinajstić information content (AvgIpc) is 3.31. The van der Waals surface area contributed by atoms with E-state index < -0.39 is 23.8 Å². The standard InChI is InChI=1S/C16H18N2O4/c19-14(11-9-12(11)16(21)22)17-13-7-4-8-18(15(13)20)10-5-2-1-3-6-10/h1-3,5-6,11-13H,4,7-9H2,(H,17,19)(H,21,22). The second-order valence-electron chi connectivity index (χ2n) is 5.82. The number of hydrogen-bond acceptors (Lipinski definition) is 3. The third kappa shape index (κ3) is 2.81.